The summed E-state index contributed by atoms with van der Waals surface area (Å²) < 4.78 is 10.5. The minimum absolute atomic E-state index is 0.0885. The van der Waals surface area contributed by atoms with E-state index in [4.69, 9.17) is 9.47 Å². The van der Waals surface area contributed by atoms with Crippen molar-refractivity contribution < 1.29 is 19.1 Å². The largest absolute Gasteiger partial charge is 0.493 e. The molecule has 0 saturated heterocycles. The number of carbonyl (C=O) groups is 2. The molecule has 0 aromatic heterocycles. The number of carbonyl (C=O) groups excluding carboxylic acids is 2. The predicted octanol–water partition coefficient (Wildman–Crippen LogP) is 4.11. The highest BCUT2D eigenvalue weighted by Crippen LogP contribution is 2.48. The average molecular weight is 380 g/mol. The summed E-state index contributed by atoms with van der Waals surface area (Å²) >= 11 is 0. The van der Waals surface area contributed by atoms with Gasteiger partial charge in [-0.1, -0.05) is 19.3 Å². The lowest BCUT2D eigenvalue weighted by molar-refractivity contribution is -0.121. The smallest absolute Gasteiger partial charge is 0.255 e. The maximum atomic E-state index is 12.7. The van der Waals surface area contributed by atoms with Crippen molar-refractivity contribution in [1.82, 2.24) is 0 Å². The van der Waals surface area contributed by atoms with Crippen molar-refractivity contribution in [3.63, 3.8) is 0 Å². The number of benzene rings is 2. The average Bonchev–Trinajstić information content (AvgIpc) is 2.99. The molecule has 2 aromatic carbocycles. The molecular weight excluding hydrogens is 356 g/mol. The van der Waals surface area contributed by atoms with Crippen LogP contribution >= 0.6 is 0 Å². The number of anilines is 2. The molecule has 6 nitrogen and oxygen atoms in total. The SMILES string of the molecule is COc1ccc(C(=O)Nc2ccc3c(c2)C2(CCCCC2)C(=O)N3)cc1OC. The van der Waals surface area contributed by atoms with Gasteiger partial charge in [0.15, 0.2) is 11.5 Å². The van der Waals surface area contributed by atoms with E-state index >= 15 is 0 Å². The van der Waals surface area contributed by atoms with Crippen molar-refractivity contribution in [3.8, 4) is 11.5 Å². The summed E-state index contributed by atoms with van der Waals surface area (Å²) in [7, 11) is 3.09. The quantitative estimate of drug-likeness (QED) is 0.837. The number of hydrogen-bond acceptors (Lipinski definition) is 4. The predicted molar refractivity (Wildman–Crippen MR) is 107 cm³/mol. The summed E-state index contributed by atoms with van der Waals surface area (Å²) in [5.41, 5.74) is 2.57. The number of ether oxygens (including phenoxy) is 2. The lowest BCUT2D eigenvalue weighted by Gasteiger charge is -2.31. The Balaban J connectivity index is 1.60. The molecule has 0 atom stereocenters. The molecule has 2 aliphatic rings. The monoisotopic (exact) mass is 380 g/mol. The molecule has 2 aromatic rings. The Kier molecular flexibility index (Phi) is 4.71. The molecular formula is C22H24N2O4. The van der Waals surface area contributed by atoms with Crippen molar-refractivity contribution in [2.45, 2.75) is 37.5 Å². The van der Waals surface area contributed by atoms with Gasteiger partial charge < -0.3 is 20.1 Å². The second-order valence-corrected chi connectivity index (χ2v) is 7.38. The minimum Gasteiger partial charge on any atom is -0.493 e. The maximum Gasteiger partial charge on any atom is 0.255 e. The molecule has 1 saturated carbocycles. The Hall–Kier alpha value is -3.02. The highest BCUT2D eigenvalue weighted by atomic mass is 16.5. The third-order valence-electron chi connectivity index (χ3n) is 5.83. The van der Waals surface area contributed by atoms with Crippen LogP contribution in [0.5, 0.6) is 11.5 Å². The van der Waals surface area contributed by atoms with Crippen LogP contribution in [0.2, 0.25) is 0 Å². The van der Waals surface area contributed by atoms with Crippen LogP contribution in [0.25, 0.3) is 0 Å². The molecule has 2 amide bonds. The number of fused-ring (bicyclic) bond motifs is 2. The highest BCUT2D eigenvalue weighted by molar-refractivity contribution is 6.08. The first-order valence-electron chi connectivity index (χ1n) is 9.57. The lowest BCUT2D eigenvalue weighted by atomic mass is 9.70. The third-order valence-corrected chi connectivity index (χ3v) is 5.83. The first-order valence-corrected chi connectivity index (χ1v) is 9.57. The molecule has 28 heavy (non-hydrogen) atoms. The van der Waals surface area contributed by atoms with Crippen molar-refractivity contribution >= 4 is 23.2 Å². The fraction of sp³-hybridized carbons (Fsp3) is 0.364. The van der Waals surface area contributed by atoms with Crippen molar-refractivity contribution in [1.29, 1.82) is 0 Å². The van der Waals surface area contributed by atoms with Gasteiger partial charge in [-0.05, 0) is 54.8 Å². The Morgan fingerprint density at radius 2 is 1.75 bits per heavy atom. The third kappa shape index (κ3) is 2.99. The van der Waals surface area contributed by atoms with Gasteiger partial charge in [0.1, 0.15) is 0 Å². The first-order chi connectivity index (χ1) is 13.6. The van der Waals surface area contributed by atoms with E-state index in [1.807, 2.05) is 18.2 Å². The summed E-state index contributed by atoms with van der Waals surface area (Å²) in [6, 6.07) is 10.7. The number of amides is 2. The maximum absolute atomic E-state index is 12.7. The van der Waals surface area contributed by atoms with Crippen LogP contribution in [0.15, 0.2) is 36.4 Å². The Bertz CT molecular complexity index is 932. The van der Waals surface area contributed by atoms with Crippen molar-refractivity contribution in [2.75, 3.05) is 24.9 Å². The normalized spacial score (nSPS) is 17.0. The van der Waals surface area contributed by atoms with E-state index in [0.717, 1.165) is 36.9 Å². The van der Waals surface area contributed by atoms with Gasteiger partial charge in [-0.2, -0.15) is 0 Å². The number of hydrogen-bond donors (Lipinski definition) is 2. The Morgan fingerprint density at radius 3 is 2.46 bits per heavy atom. The van der Waals surface area contributed by atoms with Crippen LogP contribution < -0.4 is 20.1 Å². The molecule has 0 bridgehead atoms. The minimum atomic E-state index is -0.447. The zero-order chi connectivity index (χ0) is 19.7. The molecule has 1 spiro atoms. The lowest BCUT2D eigenvalue weighted by Crippen LogP contribution is -2.36. The molecule has 1 fully saturated rings. The van der Waals surface area contributed by atoms with Crippen LogP contribution in [0, 0.1) is 0 Å². The second kappa shape index (κ2) is 7.19. The fourth-order valence-corrected chi connectivity index (χ4v) is 4.32. The first kappa shape index (κ1) is 18.3. The van der Waals surface area contributed by atoms with E-state index in [0.29, 0.717) is 22.7 Å². The topological polar surface area (TPSA) is 76.7 Å². The summed E-state index contributed by atoms with van der Waals surface area (Å²) in [5, 5.41) is 5.95. The number of nitrogens with one attached hydrogen (secondary N) is 2. The van der Waals surface area contributed by atoms with E-state index in [-0.39, 0.29) is 11.8 Å². The zero-order valence-electron chi connectivity index (χ0n) is 16.1. The summed E-state index contributed by atoms with van der Waals surface area (Å²) in [4.78, 5) is 25.4. The molecule has 4 rings (SSSR count). The summed E-state index contributed by atoms with van der Waals surface area (Å²) in [6.07, 6.45) is 4.99. The van der Waals surface area contributed by atoms with E-state index in [2.05, 4.69) is 10.6 Å². The van der Waals surface area contributed by atoms with Gasteiger partial charge in [0.05, 0.1) is 19.6 Å². The molecule has 1 heterocycles. The van der Waals surface area contributed by atoms with Gasteiger partial charge in [0.25, 0.3) is 5.91 Å². The van der Waals surface area contributed by atoms with E-state index in [1.165, 1.54) is 13.5 Å². The van der Waals surface area contributed by atoms with E-state index < -0.39 is 5.41 Å². The Labute approximate surface area is 164 Å². The van der Waals surface area contributed by atoms with E-state index in [9.17, 15) is 9.59 Å². The van der Waals surface area contributed by atoms with Gasteiger partial charge in [0, 0.05) is 16.9 Å². The van der Waals surface area contributed by atoms with Crippen molar-refractivity contribution in [3.05, 3.63) is 47.5 Å². The number of methoxy groups -OCH3 is 2. The van der Waals surface area contributed by atoms with Gasteiger partial charge in [0.2, 0.25) is 5.91 Å². The Morgan fingerprint density at radius 1 is 1.00 bits per heavy atom. The van der Waals surface area contributed by atoms with Crippen molar-refractivity contribution in [2.24, 2.45) is 0 Å². The molecule has 1 aliphatic heterocycles. The number of rotatable bonds is 4. The van der Waals surface area contributed by atoms with E-state index in [1.54, 1.807) is 25.3 Å². The van der Waals surface area contributed by atoms with Crippen LogP contribution in [0.1, 0.15) is 48.0 Å². The second-order valence-electron chi connectivity index (χ2n) is 7.38. The van der Waals surface area contributed by atoms with Crippen LogP contribution in [0.4, 0.5) is 11.4 Å². The molecule has 6 heteroatoms. The summed E-state index contributed by atoms with van der Waals surface area (Å²) in [6.45, 7) is 0. The molecule has 2 N–H and O–H groups in total. The van der Waals surface area contributed by atoms with Crippen LogP contribution in [-0.2, 0) is 10.2 Å². The van der Waals surface area contributed by atoms with Gasteiger partial charge in [-0.25, -0.2) is 0 Å². The van der Waals surface area contributed by atoms with Gasteiger partial charge in [-0.3, -0.25) is 9.59 Å². The fourth-order valence-electron chi connectivity index (χ4n) is 4.32. The van der Waals surface area contributed by atoms with Crippen LogP contribution in [0.3, 0.4) is 0 Å². The molecule has 146 valence electrons. The highest BCUT2D eigenvalue weighted by Gasteiger charge is 2.47. The standard InChI is InChI=1S/C22H24N2O4/c1-27-18-9-6-14(12-19(18)28-2)20(25)23-15-7-8-17-16(13-15)22(21(26)24-17)10-4-3-5-11-22/h6-9,12-13H,3-5,10-11H2,1-2H3,(H,23,25)(H,24,26). The summed E-state index contributed by atoms with van der Waals surface area (Å²) in [5.74, 6) is 0.918. The zero-order valence-corrected chi connectivity index (χ0v) is 16.1. The van der Waals surface area contributed by atoms with Crippen LogP contribution in [-0.4, -0.2) is 26.0 Å². The molecule has 1 aliphatic carbocycles. The molecule has 0 radical (unpaired) electrons. The van der Waals surface area contributed by atoms with Gasteiger partial charge in [-0.15, -0.1) is 0 Å². The van der Waals surface area contributed by atoms with Gasteiger partial charge >= 0.3 is 0 Å². The molecule has 0 unspecified atom stereocenters.